The van der Waals surface area contributed by atoms with E-state index in [0.717, 1.165) is 16.8 Å². The summed E-state index contributed by atoms with van der Waals surface area (Å²) in [6.07, 6.45) is 1.95. The maximum atomic E-state index is 12.4. The van der Waals surface area contributed by atoms with Gasteiger partial charge in [0.2, 0.25) is 0 Å². The highest BCUT2D eigenvalue weighted by Gasteiger charge is 2.32. The van der Waals surface area contributed by atoms with Gasteiger partial charge < -0.3 is 28.7 Å². The Bertz CT molecular complexity index is 1230. The number of aromatic nitrogens is 2. The average molecular weight is 556 g/mol. The molecular formula is C23H30N3O9PS. The Labute approximate surface area is 218 Å². The normalized spacial score (nSPS) is 16.1. The lowest BCUT2D eigenvalue weighted by molar-refractivity contribution is -0.149. The molecule has 0 aliphatic heterocycles. The van der Waals surface area contributed by atoms with Gasteiger partial charge in [0.1, 0.15) is 24.0 Å². The molecule has 12 nitrogen and oxygen atoms in total. The number of terminal acetylenes is 1. The molecular weight excluding hydrogens is 525 g/mol. The molecule has 0 amide bonds. The number of hydrogen-bond donors (Lipinski definition) is 4. The number of nitrogens with one attached hydrogen (secondary N) is 2. The summed E-state index contributed by atoms with van der Waals surface area (Å²) in [6.45, 7) is 0.274. The third-order valence-electron chi connectivity index (χ3n) is 4.61. The molecule has 37 heavy (non-hydrogen) atoms. The van der Waals surface area contributed by atoms with Gasteiger partial charge in [0.05, 0.1) is 19.3 Å². The Morgan fingerprint density at radius 1 is 1.24 bits per heavy atom. The first-order valence-corrected chi connectivity index (χ1v) is 13.8. The number of H-pyrrole nitrogens is 1. The van der Waals surface area contributed by atoms with Crippen molar-refractivity contribution in [3.05, 3.63) is 63.4 Å². The van der Waals surface area contributed by atoms with E-state index in [2.05, 4.69) is 11.0 Å². The van der Waals surface area contributed by atoms with Crippen LogP contribution in [0.5, 0.6) is 5.75 Å². The van der Waals surface area contributed by atoms with Gasteiger partial charge in [0.25, 0.3) is 5.56 Å². The summed E-state index contributed by atoms with van der Waals surface area (Å²) in [6, 6.07) is 8.62. The molecule has 0 radical (unpaired) electrons. The van der Waals surface area contributed by atoms with E-state index in [4.69, 9.17) is 36.8 Å². The number of carbonyl (C=O) groups is 1. The van der Waals surface area contributed by atoms with Crippen molar-refractivity contribution in [3.63, 3.8) is 0 Å². The first-order chi connectivity index (χ1) is 17.5. The topological polar surface area (TPSA) is 161 Å². The minimum absolute atomic E-state index is 0.353. The third kappa shape index (κ3) is 9.53. The summed E-state index contributed by atoms with van der Waals surface area (Å²) >= 11 is 5.62. The van der Waals surface area contributed by atoms with Gasteiger partial charge in [0.15, 0.2) is 6.23 Å². The van der Waals surface area contributed by atoms with Crippen molar-refractivity contribution in [3.8, 4) is 18.1 Å². The monoisotopic (exact) mass is 555 g/mol. The number of esters is 1. The van der Waals surface area contributed by atoms with Crippen molar-refractivity contribution in [2.24, 2.45) is 0 Å². The number of para-hydroxylation sites is 1. The summed E-state index contributed by atoms with van der Waals surface area (Å²) in [4.78, 5) is 37.9. The number of carbonyl (C=O) groups excluding carboxylic acids is 1. The molecule has 2 aromatic rings. The van der Waals surface area contributed by atoms with Gasteiger partial charge in [-0.3, -0.25) is 19.1 Å². The molecule has 5 atom stereocenters. The fraction of sp³-hybridized carbons (Fsp3) is 0.435. The molecule has 0 aliphatic carbocycles. The van der Waals surface area contributed by atoms with E-state index in [9.17, 15) is 24.6 Å². The molecule has 2 unspecified atom stereocenters. The minimum atomic E-state index is -3.49. The largest absolute Gasteiger partial charge is 0.462 e. The van der Waals surface area contributed by atoms with Crippen LogP contribution >= 0.6 is 6.64 Å². The predicted octanol–water partition coefficient (Wildman–Crippen LogP) is 0.657. The van der Waals surface area contributed by atoms with Gasteiger partial charge in [-0.05, 0) is 44.7 Å². The molecule has 14 heteroatoms. The van der Waals surface area contributed by atoms with Crippen LogP contribution in [0.15, 0.2) is 52.2 Å². The number of aliphatic hydroxyl groups excluding tert-OH is 2. The Hall–Kier alpha value is -2.82. The maximum absolute atomic E-state index is 12.4. The van der Waals surface area contributed by atoms with Crippen LogP contribution in [0.4, 0.5) is 0 Å². The number of hydrogen-bond acceptors (Lipinski definition) is 10. The van der Waals surface area contributed by atoms with Crippen LogP contribution in [0.25, 0.3) is 0 Å². The number of ether oxygens (including phenoxy) is 2. The highest BCUT2D eigenvalue weighted by atomic mass is 32.5. The quantitative estimate of drug-likeness (QED) is 0.147. The average Bonchev–Trinajstić information content (AvgIpc) is 2.84. The van der Waals surface area contributed by atoms with Crippen molar-refractivity contribution in [1.82, 2.24) is 14.6 Å². The standard InChI is InChI=1S/C23H30N3O9PS/c1-5-18(28)19(34-21(13-27)26-12-11-20(29)24-23(26)31)14-32-36(37,35-17-9-7-6-8-10-17)25-16(4)22(30)33-15(2)3/h1,6-12,15-16,18-19,21,27-28H,13-14H2,2-4H3,(H,25,37)(H,24,29,31)/t16-,18-,19?,21+,36?/m0/s1. The van der Waals surface area contributed by atoms with Crippen LogP contribution in [0.3, 0.4) is 0 Å². The third-order valence-corrected chi connectivity index (χ3v) is 7.11. The van der Waals surface area contributed by atoms with Gasteiger partial charge in [-0.2, -0.15) is 0 Å². The van der Waals surface area contributed by atoms with E-state index in [1.807, 2.05) is 4.98 Å². The summed E-state index contributed by atoms with van der Waals surface area (Å²) in [5, 5.41) is 23.0. The SMILES string of the molecule is C#C[C@H](O)C(COP(=S)(N[C@@H](C)C(=O)OC(C)C)Oc1ccccc1)O[C@H](CO)n1ccc(=O)[nH]c1=O. The number of benzene rings is 1. The Kier molecular flexibility index (Phi) is 11.7. The summed E-state index contributed by atoms with van der Waals surface area (Å²) in [5.74, 6) is 1.87. The molecule has 0 aliphatic rings. The summed E-state index contributed by atoms with van der Waals surface area (Å²) in [7, 11) is 0. The van der Waals surface area contributed by atoms with Crippen molar-refractivity contribution < 1.29 is 33.5 Å². The van der Waals surface area contributed by atoms with Crippen LogP contribution in [-0.2, 0) is 30.6 Å². The van der Waals surface area contributed by atoms with Crippen molar-refractivity contribution in [2.45, 2.75) is 51.4 Å². The summed E-state index contributed by atoms with van der Waals surface area (Å²) < 4.78 is 23.5. The Morgan fingerprint density at radius 2 is 1.92 bits per heavy atom. The van der Waals surface area contributed by atoms with Crippen LogP contribution in [0, 0.1) is 12.3 Å². The molecule has 0 saturated carbocycles. The second-order valence-corrected chi connectivity index (χ2v) is 11.1. The van der Waals surface area contributed by atoms with Gasteiger partial charge in [0, 0.05) is 12.3 Å². The first kappa shape index (κ1) is 30.4. The van der Waals surface area contributed by atoms with Crippen LogP contribution in [0.2, 0.25) is 0 Å². The zero-order chi connectivity index (χ0) is 27.6. The number of aromatic amines is 1. The molecule has 4 N–H and O–H groups in total. The highest BCUT2D eigenvalue weighted by molar-refractivity contribution is 8.09. The second-order valence-electron chi connectivity index (χ2n) is 7.97. The van der Waals surface area contributed by atoms with Crippen molar-refractivity contribution in [1.29, 1.82) is 0 Å². The minimum Gasteiger partial charge on any atom is -0.462 e. The fourth-order valence-electron chi connectivity index (χ4n) is 2.87. The lowest BCUT2D eigenvalue weighted by Crippen LogP contribution is -2.41. The van der Waals surface area contributed by atoms with Gasteiger partial charge >= 0.3 is 18.3 Å². The maximum Gasteiger partial charge on any atom is 0.330 e. The highest BCUT2D eigenvalue weighted by Crippen LogP contribution is 2.45. The number of nitrogens with zero attached hydrogens (tertiary/aromatic N) is 1. The van der Waals surface area contributed by atoms with E-state index in [1.54, 1.807) is 44.2 Å². The van der Waals surface area contributed by atoms with Crippen LogP contribution < -0.4 is 20.9 Å². The smallest absolute Gasteiger partial charge is 0.330 e. The van der Waals surface area contributed by atoms with Crippen molar-refractivity contribution in [2.75, 3.05) is 13.2 Å². The van der Waals surface area contributed by atoms with E-state index >= 15 is 0 Å². The second kappa shape index (κ2) is 14.2. The van der Waals surface area contributed by atoms with E-state index in [0.29, 0.717) is 5.75 Å². The molecule has 0 saturated heterocycles. The molecule has 0 fully saturated rings. The molecule has 1 aromatic heterocycles. The molecule has 0 spiro atoms. The van der Waals surface area contributed by atoms with Crippen LogP contribution in [0.1, 0.15) is 27.0 Å². The zero-order valence-electron chi connectivity index (χ0n) is 20.5. The van der Waals surface area contributed by atoms with E-state index in [1.165, 1.54) is 6.92 Å². The lowest BCUT2D eigenvalue weighted by atomic mass is 10.2. The molecule has 1 heterocycles. The number of rotatable bonds is 14. The van der Waals surface area contributed by atoms with Crippen LogP contribution in [-0.4, -0.2) is 63.3 Å². The first-order valence-electron chi connectivity index (χ1n) is 11.2. The molecule has 1 aromatic carbocycles. The molecule has 202 valence electrons. The van der Waals surface area contributed by atoms with Gasteiger partial charge in [-0.1, -0.05) is 24.1 Å². The van der Waals surface area contributed by atoms with E-state index in [-0.39, 0.29) is 6.10 Å². The Morgan fingerprint density at radius 3 is 2.49 bits per heavy atom. The summed E-state index contributed by atoms with van der Waals surface area (Å²) in [5.41, 5.74) is -1.49. The lowest BCUT2D eigenvalue weighted by Gasteiger charge is -2.30. The number of aliphatic hydroxyl groups is 2. The Balaban J connectivity index is 2.28. The van der Waals surface area contributed by atoms with E-state index < -0.39 is 61.6 Å². The molecule has 0 bridgehead atoms. The van der Waals surface area contributed by atoms with Crippen molar-refractivity contribution >= 4 is 24.4 Å². The van der Waals surface area contributed by atoms with Gasteiger partial charge in [-0.25, -0.2) is 9.88 Å². The fourth-order valence-corrected chi connectivity index (χ4v) is 5.29. The zero-order valence-corrected chi connectivity index (χ0v) is 22.2. The van der Waals surface area contributed by atoms with Gasteiger partial charge in [-0.15, -0.1) is 6.42 Å². The molecule has 2 rings (SSSR count). The predicted molar refractivity (Wildman–Crippen MR) is 138 cm³/mol.